The normalized spacial score (nSPS) is 15.9. The first kappa shape index (κ1) is 42.3. The second-order valence-electron chi connectivity index (χ2n) is 15.1. The van der Waals surface area contributed by atoms with E-state index in [4.69, 9.17) is 9.47 Å². The van der Waals surface area contributed by atoms with E-state index in [1.165, 1.54) is 26.2 Å². The molecule has 2 aliphatic rings. The van der Waals surface area contributed by atoms with Gasteiger partial charge in [-0.15, -0.1) is 0 Å². The average Bonchev–Trinajstić information content (AvgIpc) is 3.97. The van der Waals surface area contributed by atoms with Gasteiger partial charge in [-0.2, -0.15) is 10.2 Å². The molecule has 6 aromatic rings. The molecule has 0 saturated carbocycles. The first-order valence-corrected chi connectivity index (χ1v) is 20.6. The second kappa shape index (κ2) is 19.1. The Hall–Kier alpha value is -6.35. The molecule has 1 atom stereocenters. The summed E-state index contributed by atoms with van der Waals surface area (Å²) in [6.07, 6.45) is 3.41. The van der Waals surface area contributed by atoms with E-state index >= 15 is 0 Å². The number of rotatable bonds is 18. The Bertz CT molecular complexity index is 2610. The molecule has 2 fully saturated rings. The zero-order chi connectivity index (χ0) is 43.2. The average molecular weight is 855 g/mol. The molecule has 1 unspecified atom stereocenters. The van der Waals surface area contributed by atoms with E-state index in [-0.39, 0.29) is 35.7 Å². The number of aromatic nitrogens is 7. The monoisotopic (exact) mass is 854 g/mol. The number of anilines is 2. The first-order chi connectivity index (χ1) is 30.2. The summed E-state index contributed by atoms with van der Waals surface area (Å²) < 4.78 is 45.6. The van der Waals surface area contributed by atoms with Crippen LogP contribution in [-0.2, 0) is 39.1 Å². The number of piperazine rings is 1. The van der Waals surface area contributed by atoms with Crippen molar-refractivity contribution >= 4 is 45.9 Å². The maximum Gasteiger partial charge on any atom is 0.329 e. The minimum Gasteiger partial charge on any atom is -0.379 e. The van der Waals surface area contributed by atoms with Crippen LogP contribution in [0.4, 0.5) is 20.3 Å². The first-order valence-electron chi connectivity index (χ1n) is 20.6. The number of para-hydroxylation sites is 1. The number of amides is 3. The van der Waals surface area contributed by atoms with Crippen molar-refractivity contribution in [2.45, 2.75) is 44.7 Å². The van der Waals surface area contributed by atoms with Crippen molar-refractivity contribution in [3.05, 3.63) is 100.0 Å². The quantitative estimate of drug-likeness (QED) is 0.0731. The van der Waals surface area contributed by atoms with Gasteiger partial charge in [0.1, 0.15) is 17.4 Å². The highest BCUT2D eigenvalue weighted by molar-refractivity contribution is 6.08. The third kappa shape index (κ3) is 9.27. The molecule has 0 spiro atoms. The fourth-order valence-electron chi connectivity index (χ4n) is 7.84. The molecule has 62 heavy (non-hydrogen) atoms. The van der Waals surface area contributed by atoms with Crippen LogP contribution in [0.3, 0.4) is 0 Å². The molecule has 2 saturated heterocycles. The number of hydrogen-bond donors (Lipinski definition) is 4. The summed E-state index contributed by atoms with van der Waals surface area (Å²) in [5, 5.41) is 19.9. The van der Waals surface area contributed by atoms with Crippen LogP contribution in [-0.4, -0.2) is 110 Å². The van der Waals surface area contributed by atoms with Gasteiger partial charge in [-0.25, -0.2) is 27.8 Å². The Labute approximate surface area is 354 Å². The number of ether oxygens (including phenoxy) is 2. The van der Waals surface area contributed by atoms with Crippen molar-refractivity contribution in [2.24, 2.45) is 7.05 Å². The van der Waals surface area contributed by atoms with E-state index in [0.29, 0.717) is 68.6 Å². The number of nitrogens with zero attached hydrogens (tertiary/aromatic N) is 8. The number of aryl methyl sites for hydroxylation is 2. The lowest BCUT2D eigenvalue weighted by Gasteiger charge is -2.28. The van der Waals surface area contributed by atoms with Crippen LogP contribution in [0.5, 0.6) is 0 Å². The smallest absolute Gasteiger partial charge is 0.329 e. The molecule has 326 valence electrons. The summed E-state index contributed by atoms with van der Waals surface area (Å²) in [4.78, 5) is 57.5. The molecule has 0 radical (unpaired) electrons. The summed E-state index contributed by atoms with van der Waals surface area (Å²) in [5.41, 5.74) is 3.45. The molecule has 3 amide bonds. The van der Waals surface area contributed by atoms with E-state index in [1.807, 2.05) is 36.4 Å². The number of benzene rings is 2. The highest BCUT2D eigenvalue weighted by Crippen LogP contribution is 2.29. The number of imide groups is 1. The van der Waals surface area contributed by atoms with E-state index in [0.717, 1.165) is 49.2 Å². The number of carbonyl (C=O) groups is 3. The fraction of sp³-hybridized carbons (Fsp3) is 0.405. The third-order valence-corrected chi connectivity index (χ3v) is 11.0. The van der Waals surface area contributed by atoms with Gasteiger partial charge in [0, 0.05) is 65.5 Å². The van der Waals surface area contributed by atoms with Gasteiger partial charge in [0.2, 0.25) is 11.8 Å². The number of carbonyl (C=O) groups excluding carboxylic acids is 3. The largest absolute Gasteiger partial charge is 0.379 e. The van der Waals surface area contributed by atoms with Crippen LogP contribution in [0.25, 0.3) is 22.4 Å². The maximum absolute atomic E-state index is 14.1. The molecule has 4 N–H and O–H groups in total. The van der Waals surface area contributed by atoms with Crippen molar-refractivity contribution in [3.63, 3.8) is 0 Å². The topological polar surface area (TPSA) is 196 Å². The van der Waals surface area contributed by atoms with Gasteiger partial charge in [-0.05, 0) is 54.7 Å². The minimum atomic E-state index is -2.93. The van der Waals surface area contributed by atoms with Crippen LogP contribution in [0.15, 0.2) is 71.9 Å². The van der Waals surface area contributed by atoms with Crippen molar-refractivity contribution in [2.75, 3.05) is 69.4 Å². The number of piperidine rings is 1. The second-order valence-corrected chi connectivity index (χ2v) is 15.1. The molecule has 2 aliphatic heterocycles. The lowest BCUT2D eigenvalue weighted by Crippen LogP contribution is -2.44. The minimum absolute atomic E-state index is 0.109. The van der Waals surface area contributed by atoms with Gasteiger partial charge in [-0.1, -0.05) is 24.3 Å². The summed E-state index contributed by atoms with van der Waals surface area (Å²) in [5.74, 6) is -0.698. The van der Waals surface area contributed by atoms with Gasteiger partial charge >= 0.3 is 5.69 Å². The molecule has 18 nitrogen and oxygen atoms in total. The van der Waals surface area contributed by atoms with Crippen molar-refractivity contribution < 1.29 is 32.6 Å². The number of halogens is 2. The summed E-state index contributed by atoms with van der Waals surface area (Å²) in [6, 6.07) is 14.0. The summed E-state index contributed by atoms with van der Waals surface area (Å²) >= 11 is 0. The molecular formula is C42H48F2N12O6. The molecule has 8 rings (SSSR count). The Kier molecular flexibility index (Phi) is 13.1. The summed E-state index contributed by atoms with van der Waals surface area (Å²) in [7, 11) is 1.69. The molecule has 4 aromatic heterocycles. The van der Waals surface area contributed by atoms with Gasteiger partial charge in [0.05, 0.1) is 54.6 Å². The Balaban J connectivity index is 0.753. The standard InChI is InChI=1S/C42H48F2N12O6/c1-52-37-28(4-2-6-32(37)56(42(52)60)33-11-12-35(57)50-41(33)59)5-3-20-61-22-23-62-21-16-46-24-27-7-9-29(10-8-27)55-26-31(36(51-55)38(43)44)48-40(58)30-25-47-54-17-13-34(49-39(30)54)53-18-14-45-15-19-53/h2,4,6-10,13,17,25-26,33,38,45-46H,3,5,11-12,14-16,18-24H2,1H3,(H,48,58)(H,50,57,59). The van der Waals surface area contributed by atoms with E-state index in [9.17, 15) is 28.0 Å². The van der Waals surface area contributed by atoms with Gasteiger partial charge in [-0.3, -0.25) is 28.8 Å². The Morgan fingerprint density at radius 3 is 2.56 bits per heavy atom. The van der Waals surface area contributed by atoms with Crippen LogP contribution in [0, 0.1) is 0 Å². The molecular weight excluding hydrogens is 807 g/mol. The summed E-state index contributed by atoms with van der Waals surface area (Å²) in [6.45, 7) is 6.17. The highest BCUT2D eigenvalue weighted by atomic mass is 19.3. The Morgan fingerprint density at radius 2 is 1.79 bits per heavy atom. The number of nitrogens with one attached hydrogen (secondary N) is 4. The van der Waals surface area contributed by atoms with Crippen LogP contribution < -0.4 is 31.9 Å². The zero-order valence-corrected chi connectivity index (χ0v) is 34.2. The molecule has 0 bridgehead atoms. The molecule has 2 aromatic carbocycles. The lowest BCUT2D eigenvalue weighted by molar-refractivity contribution is -0.135. The van der Waals surface area contributed by atoms with Crippen LogP contribution in [0.1, 0.15) is 58.9 Å². The fourth-order valence-corrected chi connectivity index (χ4v) is 7.84. The molecule has 6 heterocycles. The van der Waals surface area contributed by atoms with Gasteiger partial charge in [0.25, 0.3) is 12.3 Å². The third-order valence-electron chi connectivity index (χ3n) is 11.0. The Morgan fingerprint density at radius 1 is 1.00 bits per heavy atom. The van der Waals surface area contributed by atoms with Crippen molar-refractivity contribution in [1.29, 1.82) is 0 Å². The van der Waals surface area contributed by atoms with Crippen molar-refractivity contribution in [1.82, 2.24) is 49.5 Å². The molecule has 0 aliphatic carbocycles. The lowest BCUT2D eigenvalue weighted by atomic mass is 10.0. The predicted octanol–water partition coefficient (Wildman–Crippen LogP) is 2.90. The molecule has 20 heteroatoms. The number of fused-ring (bicyclic) bond motifs is 2. The zero-order valence-electron chi connectivity index (χ0n) is 34.2. The number of imidazole rings is 1. The van der Waals surface area contributed by atoms with E-state index in [1.54, 1.807) is 29.9 Å². The predicted molar refractivity (Wildman–Crippen MR) is 225 cm³/mol. The van der Waals surface area contributed by atoms with Crippen LogP contribution in [0.2, 0.25) is 0 Å². The van der Waals surface area contributed by atoms with E-state index in [2.05, 4.69) is 41.3 Å². The van der Waals surface area contributed by atoms with Gasteiger partial charge in [0.15, 0.2) is 11.3 Å². The SMILES string of the molecule is Cn1c(=O)n(C2CCC(=O)NC2=O)c2cccc(CCCOCCOCCNCc3ccc(-n4cc(NC(=O)c5cnn6ccc(N7CCNCC7)nc56)c(C(F)F)n4)cc3)c21. The van der Waals surface area contributed by atoms with E-state index < -0.39 is 30.0 Å². The maximum atomic E-state index is 14.1. The highest BCUT2D eigenvalue weighted by Gasteiger charge is 2.31. The number of alkyl halides is 2. The number of hydrogen-bond acceptors (Lipinski definition) is 12. The van der Waals surface area contributed by atoms with Gasteiger partial charge < -0.3 is 30.3 Å². The van der Waals surface area contributed by atoms with Crippen LogP contribution >= 0.6 is 0 Å². The van der Waals surface area contributed by atoms with Crippen molar-refractivity contribution in [3.8, 4) is 5.69 Å².